The lowest BCUT2D eigenvalue weighted by molar-refractivity contribution is -0.112. The standard InChI is InChI=1S/C15H18N2O3/c1-20-9-10-3-2-6-17(8-10)11-4-5-12-13(7-11)16-15(19)14(12)18/h4-5,7,10H,2-3,6,8-9H2,1H3,(H,16,18,19). The van der Waals surface area contributed by atoms with E-state index in [0.717, 1.165) is 31.8 Å². The lowest BCUT2D eigenvalue weighted by Crippen LogP contribution is -2.37. The first kappa shape index (κ1) is 13.1. The molecule has 2 heterocycles. The molecule has 0 bridgehead atoms. The van der Waals surface area contributed by atoms with Gasteiger partial charge in [0.1, 0.15) is 0 Å². The Labute approximate surface area is 117 Å². The number of hydrogen-bond donors (Lipinski definition) is 1. The molecule has 1 atom stereocenters. The van der Waals surface area contributed by atoms with E-state index in [1.165, 1.54) is 6.42 Å². The van der Waals surface area contributed by atoms with Crippen LogP contribution in [-0.4, -0.2) is 38.5 Å². The average molecular weight is 274 g/mol. The number of nitrogens with one attached hydrogen (secondary N) is 1. The van der Waals surface area contributed by atoms with E-state index in [1.807, 2.05) is 12.1 Å². The van der Waals surface area contributed by atoms with Gasteiger partial charge in [0.05, 0.1) is 17.9 Å². The van der Waals surface area contributed by atoms with Gasteiger partial charge in [-0.1, -0.05) is 0 Å². The smallest absolute Gasteiger partial charge is 0.296 e. The number of ketones is 1. The fraction of sp³-hybridized carbons (Fsp3) is 0.467. The summed E-state index contributed by atoms with van der Waals surface area (Å²) in [6.45, 7) is 2.73. The molecule has 1 aromatic carbocycles. The number of fused-ring (bicyclic) bond motifs is 1. The van der Waals surface area contributed by atoms with E-state index in [0.29, 0.717) is 17.2 Å². The van der Waals surface area contributed by atoms with Gasteiger partial charge >= 0.3 is 0 Å². The number of nitrogens with zero attached hydrogens (tertiary/aromatic N) is 1. The van der Waals surface area contributed by atoms with Gasteiger partial charge in [-0.25, -0.2) is 0 Å². The predicted molar refractivity (Wildman–Crippen MR) is 76.2 cm³/mol. The maximum Gasteiger partial charge on any atom is 0.296 e. The highest BCUT2D eigenvalue weighted by Gasteiger charge is 2.29. The van der Waals surface area contributed by atoms with Gasteiger partial charge in [-0.15, -0.1) is 0 Å². The predicted octanol–water partition coefficient (Wildman–Crippen LogP) is 1.68. The maximum absolute atomic E-state index is 11.6. The third-order valence-electron chi connectivity index (χ3n) is 3.99. The van der Waals surface area contributed by atoms with Crippen LogP contribution in [0.5, 0.6) is 0 Å². The van der Waals surface area contributed by atoms with Crippen LogP contribution in [0.1, 0.15) is 23.2 Å². The van der Waals surface area contributed by atoms with Crippen molar-refractivity contribution >= 4 is 23.1 Å². The molecule has 3 rings (SSSR count). The van der Waals surface area contributed by atoms with Crippen molar-refractivity contribution in [2.75, 3.05) is 37.0 Å². The number of anilines is 2. The van der Waals surface area contributed by atoms with Crippen LogP contribution in [0.25, 0.3) is 0 Å². The number of methoxy groups -OCH3 is 1. The second-order valence-corrected chi connectivity index (χ2v) is 5.42. The summed E-state index contributed by atoms with van der Waals surface area (Å²) >= 11 is 0. The zero-order chi connectivity index (χ0) is 14.1. The molecule has 106 valence electrons. The van der Waals surface area contributed by atoms with E-state index in [4.69, 9.17) is 4.74 Å². The Balaban J connectivity index is 1.80. The number of carbonyl (C=O) groups is 2. The quantitative estimate of drug-likeness (QED) is 0.852. The zero-order valence-corrected chi connectivity index (χ0v) is 11.5. The topological polar surface area (TPSA) is 58.6 Å². The number of Topliss-reactive ketones (excluding diaryl/α,β-unsaturated/α-hetero) is 1. The number of carbonyl (C=O) groups excluding carboxylic acids is 2. The zero-order valence-electron chi connectivity index (χ0n) is 11.5. The molecule has 0 saturated carbocycles. The van der Waals surface area contributed by atoms with E-state index in [9.17, 15) is 9.59 Å². The number of benzene rings is 1. The van der Waals surface area contributed by atoms with Gasteiger partial charge in [-0.3, -0.25) is 9.59 Å². The van der Waals surface area contributed by atoms with Crippen LogP contribution in [-0.2, 0) is 9.53 Å². The average Bonchev–Trinajstić information content (AvgIpc) is 2.74. The van der Waals surface area contributed by atoms with Crippen molar-refractivity contribution in [1.29, 1.82) is 0 Å². The van der Waals surface area contributed by atoms with Crippen molar-refractivity contribution in [3.63, 3.8) is 0 Å². The summed E-state index contributed by atoms with van der Waals surface area (Å²) in [7, 11) is 1.73. The van der Waals surface area contributed by atoms with E-state index in [2.05, 4.69) is 10.2 Å². The highest BCUT2D eigenvalue weighted by Crippen LogP contribution is 2.30. The molecule has 2 aliphatic heterocycles. The Morgan fingerprint density at radius 3 is 3.05 bits per heavy atom. The van der Waals surface area contributed by atoms with Gasteiger partial charge < -0.3 is 15.0 Å². The molecule has 0 aliphatic carbocycles. The first-order valence-electron chi connectivity index (χ1n) is 6.92. The van der Waals surface area contributed by atoms with Crippen LogP contribution >= 0.6 is 0 Å². The van der Waals surface area contributed by atoms with E-state index in [1.54, 1.807) is 13.2 Å². The van der Waals surface area contributed by atoms with E-state index < -0.39 is 11.7 Å². The van der Waals surface area contributed by atoms with Crippen molar-refractivity contribution in [2.24, 2.45) is 5.92 Å². The molecular weight excluding hydrogens is 256 g/mol. The molecule has 20 heavy (non-hydrogen) atoms. The van der Waals surface area contributed by atoms with Crippen LogP contribution in [0.2, 0.25) is 0 Å². The van der Waals surface area contributed by atoms with Crippen molar-refractivity contribution < 1.29 is 14.3 Å². The molecule has 0 aromatic heterocycles. The van der Waals surface area contributed by atoms with Gasteiger partial charge in [0.25, 0.3) is 11.7 Å². The highest BCUT2D eigenvalue weighted by atomic mass is 16.5. The fourth-order valence-electron chi connectivity index (χ4n) is 3.00. The van der Waals surface area contributed by atoms with Crippen molar-refractivity contribution in [3.05, 3.63) is 23.8 Å². The molecular formula is C15H18N2O3. The number of hydrogen-bond acceptors (Lipinski definition) is 4. The number of ether oxygens (including phenoxy) is 1. The molecule has 2 aliphatic rings. The largest absolute Gasteiger partial charge is 0.384 e. The van der Waals surface area contributed by atoms with Crippen molar-refractivity contribution in [1.82, 2.24) is 0 Å². The Kier molecular flexibility index (Phi) is 3.44. The van der Waals surface area contributed by atoms with Gasteiger partial charge in [0, 0.05) is 25.9 Å². The lowest BCUT2D eigenvalue weighted by Gasteiger charge is -2.34. The first-order valence-corrected chi connectivity index (χ1v) is 6.92. The Bertz CT molecular complexity index is 554. The number of piperidine rings is 1. The molecule has 1 fully saturated rings. The highest BCUT2D eigenvalue weighted by molar-refractivity contribution is 6.51. The van der Waals surface area contributed by atoms with Gasteiger partial charge in [-0.05, 0) is 37.0 Å². The molecule has 5 nitrogen and oxygen atoms in total. The molecule has 1 amide bonds. The molecule has 1 saturated heterocycles. The molecule has 0 spiro atoms. The second-order valence-electron chi connectivity index (χ2n) is 5.42. The van der Waals surface area contributed by atoms with Gasteiger partial charge in [0.15, 0.2) is 0 Å². The van der Waals surface area contributed by atoms with Gasteiger partial charge in [0.2, 0.25) is 0 Å². The minimum absolute atomic E-state index is 0.442. The maximum atomic E-state index is 11.6. The molecule has 1 unspecified atom stereocenters. The van der Waals surface area contributed by atoms with Crippen LogP contribution in [0.3, 0.4) is 0 Å². The number of rotatable bonds is 3. The lowest BCUT2D eigenvalue weighted by atomic mass is 9.98. The number of amides is 1. The molecule has 5 heteroatoms. The molecule has 1 N–H and O–H groups in total. The fourth-order valence-corrected chi connectivity index (χ4v) is 3.00. The summed E-state index contributed by atoms with van der Waals surface area (Å²) in [4.78, 5) is 25.2. The summed E-state index contributed by atoms with van der Waals surface area (Å²) in [5, 5.41) is 2.62. The van der Waals surface area contributed by atoms with Gasteiger partial charge in [-0.2, -0.15) is 0 Å². The third kappa shape index (κ3) is 2.29. The summed E-state index contributed by atoms with van der Waals surface area (Å²) < 4.78 is 5.24. The first-order chi connectivity index (χ1) is 9.69. The van der Waals surface area contributed by atoms with Crippen LogP contribution < -0.4 is 10.2 Å². The molecule has 1 aromatic rings. The summed E-state index contributed by atoms with van der Waals surface area (Å²) in [6.07, 6.45) is 2.32. The van der Waals surface area contributed by atoms with Crippen LogP contribution in [0.4, 0.5) is 11.4 Å². The normalized spacial score (nSPS) is 21.9. The summed E-state index contributed by atoms with van der Waals surface area (Å²) in [6, 6.07) is 5.56. The third-order valence-corrected chi connectivity index (χ3v) is 3.99. The minimum Gasteiger partial charge on any atom is -0.384 e. The Morgan fingerprint density at radius 1 is 1.40 bits per heavy atom. The summed E-state index contributed by atoms with van der Waals surface area (Å²) in [5.41, 5.74) is 2.16. The minimum atomic E-state index is -0.534. The Hall–Kier alpha value is -1.88. The molecule has 0 radical (unpaired) electrons. The van der Waals surface area contributed by atoms with Crippen molar-refractivity contribution in [2.45, 2.75) is 12.8 Å². The monoisotopic (exact) mass is 274 g/mol. The SMILES string of the molecule is COCC1CCCN(c2ccc3c(c2)NC(=O)C3=O)C1. The van der Waals surface area contributed by atoms with Crippen molar-refractivity contribution in [3.8, 4) is 0 Å². The summed E-state index contributed by atoms with van der Waals surface area (Å²) in [5.74, 6) is -0.436. The van der Waals surface area contributed by atoms with Crippen LogP contribution in [0.15, 0.2) is 18.2 Å². The second kappa shape index (κ2) is 5.25. The van der Waals surface area contributed by atoms with E-state index in [-0.39, 0.29) is 0 Å². The van der Waals surface area contributed by atoms with Crippen LogP contribution in [0, 0.1) is 5.92 Å². The van der Waals surface area contributed by atoms with E-state index >= 15 is 0 Å². The Morgan fingerprint density at radius 2 is 2.25 bits per heavy atom.